The second-order valence-corrected chi connectivity index (χ2v) is 10.1. The molecule has 5 aromatic rings. The van der Waals surface area contributed by atoms with Crippen LogP contribution in [0.5, 0.6) is 0 Å². The highest BCUT2D eigenvalue weighted by Gasteiger charge is 2.52. The lowest BCUT2D eigenvalue weighted by atomic mass is 9.86. The first kappa shape index (κ1) is 24.8. The van der Waals surface area contributed by atoms with E-state index in [-0.39, 0.29) is 11.9 Å². The third kappa shape index (κ3) is 4.76. The first-order valence-corrected chi connectivity index (χ1v) is 13.3. The van der Waals surface area contributed by atoms with E-state index in [0.717, 1.165) is 64.2 Å². The number of hydrogen-bond acceptors (Lipinski definition) is 6. The molecule has 1 N–H and O–H groups in total. The van der Waals surface area contributed by atoms with Crippen molar-refractivity contribution in [2.45, 2.75) is 44.4 Å². The van der Waals surface area contributed by atoms with Crippen molar-refractivity contribution in [1.29, 1.82) is 0 Å². The lowest BCUT2D eigenvalue weighted by molar-refractivity contribution is -0.146. The summed E-state index contributed by atoms with van der Waals surface area (Å²) in [5, 5.41) is 15.6. The normalized spacial score (nSPS) is 14.6. The van der Waals surface area contributed by atoms with Gasteiger partial charge in [-0.1, -0.05) is 84.0 Å². The van der Waals surface area contributed by atoms with Crippen LogP contribution in [-0.4, -0.2) is 33.1 Å². The van der Waals surface area contributed by atoms with Crippen LogP contribution in [0.4, 0.5) is 0 Å². The van der Waals surface area contributed by atoms with Crippen molar-refractivity contribution in [2.75, 3.05) is 6.61 Å². The molecule has 1 aliphatic rings. The number of hydrogen-bond donors (Lipinski definition) is 1. The molecular weight excluding hydrogens is 488 g/mol. The topological polar surface area (TPSA) is 93.9 Å². The molecule has 1 atom stereocenters. The number of H-pyrrole nitrogens is 1. The van der Waals surface area contributed by atoms with E-state index < -0.39 is 5.41 Å². The van der Waals surface area contributed by atoms with Crippen molar-refractivity contribution in [3.8, 4) is 22.5 Å². The Labute approximate surface area is 227 Å². The van der Waals surface area contributed by atoms with Gasteiger partial charge in [0, 0.05) is 17.0 Å². The van der Waals surface area contributed by atoms with Crippen LogP contribution in [0.25, 0.3) is 22.5 Å². The summed E-state index contributed by atoms with van der Waals surface area (Å²) >= 11 is 0. The number of esters is 1. The van der Waals surface area contributed by atoms with Crippen LogP contribution >= 0.6 is 0 Å². The number of nitrogens with zero attached hydrogens (tertiary/aromatic N) is 3. The van der Waals surface area contributed by atoms with Gasteiger partial charge in [-0.3, -0.25) is 4.79 Å². The van der Waals surface area contributed by atoms with Gasteiger partial charge >= 0.3 is 5.97 Å². The van der Waals surface area contributed by atoms with Gasteiger partial charge in [0.2, 0.25) is 0 Å². The molecule has 1 aliphatic carbocycles. The van der Waals surface area contributed by atoms with Crippen LogP contribution in [0.3, 0.4) is 0 Å². The Kier molecular flexibility index (Phi) is 6.57. The van der Waals surface area contributed by atoms with Gasteiger partial charge in [-0.15, -0.1) is 0 Å². The predicted octanol–water partition coefficient (Wildman–Crippen LogP) is 6.40. The molecule has 1 saturated carbocycles. The maximum atomic E-state index is 12.5. The Morgan fingerprint density at radius 3 is 2.26 bits per heavy atom. The van der Waals surface area contributed by atoms with Crippen LogP contribution in [0.1, 0.15) is 53.8 Å². The van der Waals surface area contributed by atoms with E-state index >= 15 is 0 Å². The highest BCUT2D eigenvalue weighted by molar-refractivity contribution is 5.87. The van der Waals surface area contributed by atoms with E-state index in [1.54, 1.807) is 6.20 Å². The molecule has 196 valence electrons. The standard InChI is InChI=1S/C32H30N4O3/c1-3-38-31(37)32(17-18-32)26-15-13-24(14-16-26)23-9-11-25(12-10-23)30-29(21(2)35-39-30)27(28-20-33-36-34-28)19-22-7-5-4-6-8-22/h4-16,20,27H,3,17-19H2,1-2H3,(H,33,34,36). The Morgan fingerprint density at radius 2 is 1.64 bits per heavy atom. The fraction of sp³-hybridized carbons (Fsp3) is 0.250. The summed E-state index contributed by atoms with van der Waals surface area (Å²) in [6.45, 7) is 4.23. The number of nitrogens with one attached hydrogen (secondary N) is 1. The van der Waals surface area contributed by atoms with Crippen molar-refractivity contribution >= 4 is 5.97 Å². The molecule has 1 fully saturated rings. The van der Waals surface area contributed by atoms with Gasteiger partial charge in [0.05, 0.1) is 29.6 Å². The van der Waals surface area contributed by atoms with Crippen molar-refractivity contribution in [3.63, 3.8) is 0 Å². The maximum Gasteiger partial charge on any atom is 0.316 e. The van der Waals surface area contributed by atoms with E-state index in [2.05, 4.69) is 81.2 Å². The number of ether oxygens (including phenoxy) is 1. The van der Waals surface area contributed by atoms with Crippen LogP contribution < -0.4 is 0 Å². The average Bonchev–Trinajstić information content (AvgIpc) is 3.43. The molecule has 7 nitrogen and oxygen atoms in total. The van der Waals surface area contributed by atoms with Gasteiger partial charge in [0.1, 0.15) is 0 Å². The molecule has 0 spiro atoms. The summed E-state index contributed by atoms with van der Waals surface area (Å²) in [6.07, 6.45) is 4.21. The first-order valence-electron chi connectivity index (χ1n) is 13.3. The highest BCUT2D eigenvalue weighted by Crippen LogP contribution is 2.49. The summed E-state index contributed by atoms with van der Waals surface area (Å²) in [5.74, 6) is 0.564. The molecule has 0 aliphatic heterocycles. The van der Waals surface area contributed by atoms with Crippen LogP contribution in [0.15, 0.2) is 89.6 Å². The number of carbonyl (C=O) groups is 1. The van der Waals surface area contributed by atoms with Crippen molar-refractivity contribution in [3.05, 3.63) is 113 Å². The molecular formula is C32H30N4O3. The quantitative estimate of drug-likeness (QED) is 0.227. The van der Waals surface area contributed by atoms with E-state index in [4.69, 9.17) is 9.26 Å². The molecule has 1 unspecified atom stereocenters. The highest BCUT2D eigenvalue weighted by atomic mass is 16.5. The minimum Gasteiger partial charge on any atom is -0.465 e. The molecule has 0 bridgehead atoms. The number of aromatic nitrogens is 4. The number of benzene rings is 3. The molecule has 3 aromatic carbocycles. The monoisotopic (exact) mass is 518 g/mol. The Hall–Kier alpha value is -4.52. The second-order valence-electron chi connectivity index (χ2n) is 10.1. The lowest BCUT2D eigenvalue weighted by Crippen LogP contribution is -2.23. The van der Waals surface area contributed by atoms with E-state index in [9.17, 15) is 4.79 Å². The minimum absolute atomic E-state index is 0.0613. The van der Waals surface area contributed by atoms with Gasteiger partial charge in [0.15, 0.2) is 5.76 Å². The van der Waals surface area contributed by atoms with Crippen LogP contribution in [0, 0.1) is 6.92 Å². The first-order chi connectivity index (χ1) is 19.1. The Morgan fingerprint density at radius 1 is 0.974 bits per heavy atom. The molecule has 7 heteroatoms. The lowest BCUT2D eigenvalue weighted by Gasteiger charge is -2.16. The minimum atomic E-state index is -0.459. The predicted molar refractivity (Wildman–Crippen MR) is 148 cm³/mol. The van der Waals surface area contributed by atoms with Crippen LogP contribution in [0.2, 0.25) is 0 Å². The molecule has 0 radical (unpaired) electrons. The van der Waals surface area contributed by atoms with Gasteiger partial charge in [-0.2, -0.15) is 15.4 Å². The van der Waals surface area contributed by atoms with Crippen molar-refractivity contribution in [1.82, 2.24) is 20.6 Å². The summed E-state index contributed by atoms with van der Waals surface area (Å²) in [6, 6.07) is 26.9. The Bertz CT molecular complexity index is 1550. The van der Waals surface area contributed by atoms with Crippen molar-refractivity contribution < 1.29 is 14.1 Å². The zero-order chi connectivity index (χ0) is 26.8. The third-order valence-electron chi connectivity index (χ3n) is 7.66. The summed E-state index contributed by atoms with van der Waals surface area (Å²) in [4.78, 5) is 12.5. The van der Waals surface area contributed by atoms with E-state index in [0.29, 0.717) is 6.61 Å². The average molecular weight is 519 g/mol. The summed E-state index contributed by atoms with van der Waals surface area (Å²) in [7, 11) is 0. The summed E-state index contributed by atoms with van der Waals surface area (Å²) < 4.78 is 11.2. The molecule has 2 aromatic heterocycles. The SMILES string of the molecule is CCOC(=O)C1(c2ccc(-c3ccc(-c4onc(C)c4C(Cc4ccccc4)c4cn[nH]n4)cc3)cc2)CC1. The van der Waals surface area contributed by atoms with Crippen molar-refractivity contribution in [2.24, 2.45) is 0 Å². The number of aromatic amines is 1. The molecule has 0 amide bonds. The van der Waals surface area contributed by atoms with Crippen LogP contribution in [-0.2, 0) is 21.4 Å². The fourth-order valence-electron chi connectivity index (χ4n) is 5.38. The molecule has 6 rings (SSSR count). The van der Waals surface area contributed by atoms with Gasteiger partial charge < -0.3 is 9.26 Å². The number of aryl methyl sites for hydroxylation is 1. The molecule has 0 saturated heterocycles. The molecule has 39 heavy (non-hydrogen) atoms. The number of rotatable bonds is 9. The number of carbonyl (C=O) groups excluding carboxylic acids is 1. The van der Waals surface area contributed by atoms with Gasteiger partial charge in [-0.05, 0) is 55.4 Å². The Balaban J connectivity index is 1.28. The van der Waals surface area contributed by atoms with Gasteiger partial charge in [-0.25, -0.2) is 0 Å². The maximum absolute atomic E-state index is 12.5. The third-order valence-corrected chi connectivity index (χ3v) is 7.66. The van der Waals surface area contributed by atoms with Gasteiger partial charge in [0.25, 0.3) is 0 Å². The zero-order valence-electron chi connectivity index (χ0n) is 22.1. The molecule has 2 heterocycles. The van der Waals surface area contributed by atoms with E-state index in [1.807, 2.05) is 32.0 Å². The second kappa shape index (κ2) is 10.3. The largest absolute Gasteiger partial charge is 0.465 e. The zero-order valence-corrected chi connectivity index (χ0v) is 22.1. The van der Waals surface area contributed by atoms with E-state index in [1.165, 1.54) is 5.56 Å². The summed E-state index contributed by atoms with van der Waals surface area (Å²) in [5.41, 5.74) is 7.59. The fourth-order valence-corrected chi connectivity index (χ4v) is 5.38. The smallest absolute Gasteiger partial charge is 0.316 e.